The number of esters is 1. The van der Waals surface area contributed by atoms with Gasteiger partial charge in [-0.25, -0.2) is 4.79 Å². The highest BCUT2D eigenvalue weighted by Crippen LogP contribution is 2.19. The minimum atomic E-state index is -1.06. The second-order valence-electron chi connectivity index (χ2n) is 4.55. The van der Waals surface area contributed by atoms with E-state index in [1.165, 1.54) is 7.11 Å². The fourth-order valence-electron chi connectivity index (χ4n) is 1.47. The van der Waals surface area contributed by atoms with Crippen LogP contribution in [-0.4, -0.2) is 24.5 Å². The van der Waals surface area contributed by atoms with Crippen LogP contribution in [0.15, 0.2) is 22.7 Å². The van der Waals surface area contributed by atoms with Gasteiger partial charge in [0, 0.05) is 4.47 Å². The fourth-order valence-corrected chi connectivity index (χ4v) is 1.90. The molecule has 98 valence electrons. The predicted octanol–water partition coefficient (Wildman–Crippen LogP) is 2.44. The molecule has 0 spiro atoms. The lowest BCUT2D eigenvalue weighted by atomic mass is 10.0. The number of amides is 1. The van der Waals surface area contributed by atoms with Crippen molar-refractivity contribution in [2.45, 2.75) is 26.3 Å². The zero-order valence-corrected chi connectivity index (χ0v) is 12.4. The van der Waals surface area contributed by atoms with Gasteiger partial charge in [-0.15, -0.1) is 0 Å². The number of nitrogens with one attached hydrogen (secondary N) is 1. The minimum Gasteiger partial charge on any atom is -0.467 e. The molecule has 1 aromatic rings. The first-order valence-corrected chi connectivity index (χ1v) is 6.24. The van der Waals surface area contributed by atoms with Crippen molar-refractivity contribution in [3.05, 3.63) is 33.8 Å². The highest BCUT2D eigenvalue weighted by molar-refractivity contribution is 9.10. The molecule has 0 aliphatic heterocycles. The molecule has 5 heteroatoms. The maximum atomic E-state index is 12.1. The van der Waals surface area contributed by atoms with Crippen LogP contribution < -0.4 is 5.32 Å². The Kier molecular flexibility index (Phi) is 4.51. The Balaban J connectivity index is 2.95. The van der Waals surface area contributed by atoms with E-state index in [1.807, 2.05) is 13.0 Å². The van der Waals surface area contributed by atoms with E-state index in [4.69, 9.17) is 0 Å². The van der Waals surface area contributed by atoms with Crippen molar-refractivity contribution in [3.8, 4) is 0 Å². The summed E-state index contributed by atoms with van der Waals surface area (Å²) < 4.78 is 5.33. The quantitative estimate of drug-likeness (QED) is 0.872. The lowest BCUT2D eigenvalue weighted by molar-refractivity contribution is -0.146. The Morgan fingerprint density at radius 1 is 1.33 bits per heavy atom. The van der Waals surface area contributed by atoms with Crippen LogP contribution in [0.4, 0.5) is 0 Å². The molecule has 0 heterocycles. The van der Waals surface area contributed by atoms with Crippen LogP contribution in [0, 0.1) is 6.92 Å². The molecule has 0 fully saturated rings. The first-order chi connectivity index (χ1) is 8.27. The monoisotopic (exact) mass is 313 g/mol. The molecule has 4 nitrogen and oxygen atoms in total. The first-order valence-electron chi connectivity index (χ1n) is 5.45. The largest absolute Gasteiger partial charge is 0.467 e. The van der Waals surface area contributed by atoms with Crippen molar-refractivity contribution in [1.82, 2.24) is 5.32 Å². The van der Waals surface area contributed by atoms with Gasteiger partial charge in [-0.3, -0.25) is 4.79 Å². The van der Waals surface area contributed by atoms with Gasteiger partial charge < -0.3 is 10.1 Å². The van der Waals surface area contributed by atoms with Gasteiger partial charge in [0.15, 0.2) is 0 Å². The van der Waals surface area contributed by atoms with Crippen LogP contribution in [0.3, 0.4) is 0 Å². The number of hydrogen-bond acceptors (Lipinski definition) is 3. The smallest absolute Gasteiger partial charge is 0.330 e. The van der Waals surface area contributed by atoms with Crippen LogP contribution in [0.2, 0.25) is 0 Å². The number of carbonyl (C=O) groups is 2. The molecule has 18 heavy (non-hydrogen) atoms. The zero-order chi connectivity index (χ0) is 13.9. The number of carbonyl (C=O) groups excluding carboxylic acids is 2. The van der Waals surface area contributed by atoms with Gasteiger partial charge in [0.2, 0.25) is 0 Å². The van der Waals surface area contributed by atoms with E-state index in [9.17, 15) is 9.59 Å². The van der Waals surface area contributed by atoms with Crippen LogP contribution in [0.1, 0.15) is 29.8 Å². The summed E-state index contributed by atoms with van der Waals surface area (Å²) in [6.45, 7) is 5.09. The molecule has 0 aliphatic rings. The topological polar surface area (TPSA) is 55.4 Å². The molecule has 1 aromatic carbocycles. The van der Waals surface area contributed by atoms with Gasteiger partial charge in [0.1, 0.15) is 5.54 Å². The highest BCUT2D eigenvalue weighted by atomic mass is 79.9. The third-order valence-corrected chi connectivity index (χ3v) is 3.18. The number of aryl methyl sites for hydroxylation is 1. The molecule has 1 amide bonds. The number of ether oxygens (including phenoxy) is 1. The third kappa shape index (κ3) is 3.32. The Labute approximate surface area is 115 Å². The molecule has 1 N–H and O–H groups in total. The zero-order valence-electron chi connectivity index (χ0n) is 10.8. The first kappa shape index (κ1) is 14.7. The summed E-state index contributed by atoms with van der Waals surface area (Å²) in [5.74, 6) is -0.805. The third-order valence-electron chi connectivity index (χ3n) is 2.49. The number of benzene rings is 1. The summed E-state index contributed by atoms with van der Waals surface area (Å²) >= 11 is 3.32. The molecule has 0 atom stereocenters. The molecule has 0 saturated heterocycles. The van der Waals surface area contributed by atoms with Crippen molar-refractivity contribution in [2.24, 2.45) is 0 Å². The van der Waals surface area contributed by atoms with Crippen molar-refractivity contribution in [3.63, 3.8) is 0 Å². The SMILES string of the molecule is COC(=O)C(C)(C)NC(=O)c1cc(C)ccc1Br. The van der Waals surface area contributed by atoms with Gasteiger partial charge in [-0.05, 0) is 48.8 Å². The van der Waals surface area contributed by atoms with Gasteiger partial charge in [0.05, 0.1) is 12.7 Å². The van der Waals surface area contributed by atoms with E-state index in [1.54, 1.807) is 26.0 Å². The Morgan fingerprint density at radius 2 is 1.94 bits per heavy atom. The van der Waals surface area contributed by atoms with Crippen molar-refractivity contribution in [1.29, 1.82) is 0 Å². The molecule has 0 aromatic heterocycles. The molecular formula is C13H16BrNO3. The van der Waals surface area contributed by atoms with Gasteiger partial charge in [0.25, 0.3) is 5.91 Å². The second-order valence-corrected chi connectivity index (χ2v) is 5.41. The van der Waals surface area contributed by atoms with Crippen molar-refractivity contribution >= 4 is 27.8 Å². The summed E-state index contributed by atoms with van der Waals surface area (Å²) in [5, 5.41) is 2.65. The number of halogens is 1. The standard InChI is InChI=1S/C13H16BrNO3/c1-8-5-6-10(14)9(7-8)11(16)15-13(2,3)12(17)18-4/h5-7H,1-4H3,(H,15,16). The maximum Gasteiger partial charge on any atom is 0.330 e. The van der Waals surface area contributed by atoms with Crippen LogP contribution in [0.5, 0.6) is 0 Å². The number of methoxy groups -OCH3 is 1. The average molecular weight is 314 g/mol. The van der Waals surface area contributed by atoms with E-state index >= 15 is 0 Å². The molecule has 0 aliphatic carbocycles. The fraction of sp³-hybridized carbons (Fsp3) is 0.385. The summed E-state index contributed by atoms with van der Waals surface area (Å²) in [6, 6.07) is 5.45. The summed E-state index contributed by atoms with van der Waals surface area (Å²) in [5.41, 5.74) is 0.404. The van der Waals surface area contributed by atoms with Crippen molar-refractivity contribution in [2.75, 3.05) is 7.11 Å². The molecule has 0 unspecified atom stereocenters. The summed E-state index contributed by atoms with van der Waals surface area (Å²) in [7, 11) is 1.29. The number of hydrogen-bond donors (Lipinski definition) is 1. The highest BCUT2D eigenvalue weighted by Gasteiger charge is 2.31. The number of rotatable bonds is 3. The van der Waals surface area contributed by atoms with E-state index < -0.39 is 11.5 Å². The Bertz CT molecular complexity index is 483. The van der Waals surface area contributed by atoms with E-state index in [-0.39, 0.29) is 5.91 Å². The van der Waals surface area contributed by atoms with Crippen LogP contribution in [-0.2, 0) is 9.53 Å². The summed E-state index contributed by atoms with van der Waals surface area (Å²) in [4.78, 5) is 23.6. The summed E-state index contributed by atoms with van der Waals surface area (Å²) in [6.07, 6.45) is 0. The van der Waals surface area contributed by atoms with Crippen LogP contribution >= 0.6 is 15.9 Å². The molecular weight excluding hydrogens is 298 g/mol. The molecule has 0 bridgehead atoms. The van der Waals surface area contributed by atoms with Crippen LogP contribution in [0.25, 0.3) is 0 Å². The van der Waals surface area contributed by atoms with Gasteiger partial charge >= 0.3 is 5.97 Å². The van der Waals surface area contributed by atoms with E-state index in [0.29, 0.717) is 10.0 Å². The Morgan fingerprint density at radius 3 is 2.50 bits per heavy atom. The lowest BCUT2D eigenvalue weighted by Crippen LogP contribution is -2.50. The molecule has 0 saturated carbocycles. The second kappa shape index (κ2) is 5.52. The minimum absolute atomic E-state index is 0.319. The average Bonchev–Trinajstić information content (AvgIpc) is 2.30. The van der Waals surface area contributed by atoms with E-state index in [0.717, 1.165) is 5.56 Å². The van der Waals surface area contributed by atoms with Crippen molar-refractivity contribution < 1.29 is 14.3 Å². The Hall–Kier alpha value is -1.36. The molecule has 1 rings (SSSR count). The van der Waals surface area contributed by atoms with E-state index in [2.05, 4.69) is 26.0 Å². The van der Waals surface area contributed by atoms with Gasteiger partial charge in [-0.1, -0.05) is 11.6 Å². The molecule has 0 radical (unpaired) electrons. The lowest BCUT2D eigenvalue weighted by Gasteiger charge is -2.23. The normalized spacial score (nSPS) is 10.9. The van der Waals surface area contributed by atoms with Gasteiger partial charge in [-0.2, -0.15) is 0 Å². The maximum absolute atomic E-state index is 12.1. The predicted molar refractivity (Wildman–Crippen MR) is 72.4 cm³/mol.